The van der Waals surface area contributed by atoms with Gasteiger partial charge in [-0.2, -0.15) is 0 Å². The fourth-order valence-corrected chi connectivity index (χ4v) is 6.79. The lowest BCUT2D eigenvalue weighted by atomic mass is 9.86. The molecule has 1 saturated carbocycles. The summed E-state index contributed by atoms with van der Waals surface area (Å²) in [5.74, 6) is 1.09. The van der Waals surface area contributed by atoms with Crippen molar-refractivity contribution in [1.29, 1.82) is 0 Å². The predicted octanol–water partition coefficient (Wildman–Crippen LogP) is 4.03. The Balaban J connectivity index is 1.17. The maximum Gasteiger partial charge on any atom is 0.257 e. The Bertz CT molecular complexity index is 1180. The highest BCUT2D eigenvalue weighted by Crippen LogP contribution is 2.33. The minimum absolute atomic E-state index is 0.0488. The van der Waals surface area contributed by atoms with Gasteiger partial charge in [-0.15, -0.1) is 0 Å². The van der Waals surface area contributed by atoms with E-state index in [4.69, 9.17) is 11.6 Å². The van der Waals surface area contributed by atoms with Gasteiger partial charge in [0.05, 0.1) is 23.1 Å². The summed E-state index contributed by atoms with van der Waals surface area (Å²) in [6, 6.07) is 5.87. The molecule has 3 heterocycles. The third-order valence-corrected chi connectivity index (χ3v) is 9.33. The van der Waals surface area contributed by atoms with Gasteiger partial charge in [-0.05, 0) is 89.0 Å². The first-order chi connectivity index (χ1) is 18.7. The van der Waals surface area contributed by atoms with E-state index in [1.807, 2.05) is 48.8 Å². The Morgan fingerprint density at radius 1 is 1.00 bits per heavy atom. The second-order valence-electron chi connectivity index (χ2n) is 11.7. The van der Waals surface area contributed by atoms with Crippen molar-refractivity contribution in [2.75, 3.05) is 44.2 Å². The van der Waals surface area contributed by atoms with Crippen LogP contribution in [0.3, 0.4) is 0 Å². The summed E-state index contributed by atoms with van der Waals surface area (Å²) in [6.45, 7) is 10.8. The summed E-state index contributed by atoms with van der Waals surface area (Å²) in [7, 11) is 0. The number of benzene rings is 1. The van der Waals surface area contributed by atoms with Crippen LogP contribution in [0.25, 0.3) is 0 Å². The molecule has 3 aliphatic rings. The summed E-state index contributed by atoms with van der Waals surface area (Å²) in [4.78, 5) is 41.6. The molecule has 3 fully saturated rings. The van der Waals surface area contributed by atoms with Gasteiger partial charge in [-0.1, -0.05) is 17.7 Å². The van der Waals surface area contributed by atoms with Crippen molar-refractivity contribution in [2.45, 2.75) is 59.0 Å². The van der Waals surface area contributed by atoms with E-state index < -0.39 is 0 Å². The number of fused-ring (bicyclic) bond motifs is 1. The van der Waals surface area contributed by atoms with E-state index in [0.29, 0.717) is 41.8 Å². The molecule has 5 rings (SSSR count). The zero-order valence-electron chi connectivity index (χ0n) is 23.3. The SMILES string of the molecule is Cc1ccc(N(CCCN2CC3CN(C(=O)c4c(C)ncnc4C)CC3C2)C(=O)C2CCC(O)CC2)cc1Cl. The molecule has 2 saturated heterocycles. The first kappa shape index (κ1) is 28.0. The number of anilines is 1. The zero-order chi connectivity index (χ0) is 27.7. The van der Waals surface area contributed by atoms with Gasteiger partial charge in [0, 0.05) is 49.4 Å². The van der Waals surface area contributed by atoms with Crippen LogP contribution < -0.4 is 4.90 Å². The number of halogens is 1. The van der Waals surface area contributed by atoms with Crippen LogP contribution in [0.5, 0.6) is 0 Å². The predicted molar refractivity (Wildman–Crippen MR) is 152 cm³/mol. The molecule has 8 nitrogen and oxygen atoms in total. The minimum Gasteiger partial charge on any atom is -0.393 e. The van der Waals surface area contributed by atoms with Gasteiger partial charge in [0.2, 0.25) is 5.91 Å². The molecule has 2 aliphatic heterocycles. The Kier molecular flexibility index (Phi) is 8.55. The molecule has 2 atom stereocenters. The largest absolute Gasteiger partial charge is 0.393 e. The van der Waals surface area contributed by atoms with Crippen LogP contribution in [-0.2, 0) is 4.79 Å². The van der Waals surface area contributed by atoms with E-state index in [-0.39, 0.29) is 23.8 Å². The van der Waals surface area contributed by atoms with Gasteiger partial charge in [0.25, 0.3) is 5.91 Å². The lowest BCUT2D eigenvalue weighted by molar-refractivity contribution is -0.124. The molecular formula is C30H40ClN5O3. The van der Waals surface area contributed by atoms with Crippen molar-refractivity contribution in [1.82, 2.24) is 19.8 Å². The van der Waals surface area contributed by atoms with E-state index in [2.05, 4.69) is 14.9 Å². The highest BCUT2D eigenvalue weighted by atomic mass is 35.5. The quantitative estimate of drug-likeness (QED) is 0.557. The minimum atomic E-state index is -0.286. The fraction of sp³-hybridized carbons (Fsp3) is 0.600. The average molecular weight is 554 g/mol. The number of likely N-dealkylation sites (tertiary alicyclic amines) is 2. The number of rotatable bonds is 7. The normalized spacial score (nSPS) is 25.1. The second kappa shape index (κ2) is 11.9. The maximum atomic E-state index is 13.6. The van der Waals surface area contributed by atoms with Crippen LogP contribution in [0.2, 0.25) is 5.02 Å². The standard InChI is InChI=1S/C30H40ClN5O3/c1-19-5-8-25(13-27(19)31)36(29(38)22-6-9-26(37)10-7-22)12-4-11-34-14-23-16-35(17-24(23)15-34)30(39)28-20(2)32-18-33-21(28)3/h5,8,13,18,22-24,26,37H,4,6-7,9-12,14-17H2,1-3H3. The Hall–Kier alpha value is -2.55. The fourth-order valence-electron chi connectivity index (χ4n) is 6.61. The number of amides is 2. The van der Waals surface area contributed by atoms with E-state index in [0.717, 1.165) is 74.6 Å². The monoisotopic (exact) mass is 553 g/mol. The van der Waals surface area contributed by atoms with Crippen LogP contribution in [0.15, 0.2) is 24.5 Å². The smallest absolute Gasteiger partial charge is 0.257 e. The van der Waals surface area contributed by atoms with Crippen LogP contribution >= 0.6 is 11.6 Å². The number of nitrogens with zero attached hydrogens (tertiary/aromatic N) is 5. The van der Waals surface area contributed by atoms with Gasteiger partial charge in [-0.3, -0.25) is 9.59 Å². The van der Waals surface area contributed by atoms with Gasteiger partial charge < -0.3 is 19.8 Å². The van der Waals surface area contributed by atoms with Crippen molar-refractivity contribution in [3.63, 3.8) is 0 Å². The highest BCUT2D eigenvalue weighted by Gasteiger charge is 2.42. The van der Waals surface area contributed by atoms with Crippen LogP contribution in [0.1, 0.15) is 59.4 Å². The van der Waals surface area contributed by atoms with Crippen molar-refractivity contribution in [3.05, 3.63) is 52.1 Å². The highest BCUT2D eigenvalue weighted by molar-refractivity contribution is 6.31. The number of aliphatic hydroxyl groups is 1. The molecule has 39 heavy (non-hydrogen) atoms. The van der Waals surface area contributed by atoms with Crippen molar-refractivity contribution >= 4 is 29.1 Å². The number of hydrogen-bond donors (Lipinski definition) is 1. The molecule has 2 unspecified atom stereocenters. The summed E-state index contributed by atoms with van der Waals surface area (Å²) >= 11 is 6.44. The van der Waals surface area contributed by atoms with Crippen LogP contribution in [0, 0.1) is 38.5 Å². The topological polar surface area (TPSA) is 89.9 Å². The summed E-state index contributed by atoms with van der Waals surface area (Å²) in [5, 5.41) is 10.6. The number of aryl methyl sites for hydroxylation is 3. The zero-order valence-corrected chi connectivity index (χ0v) is 24.0. The summed E-state index contributed by atoms with van der Waals surface area (Å²) < 4.78 is 0. The molecule has 0 spiro atoms. The molecule has 1 aromatic heterocycles. The number of aromatic nitrogens is 2. The second-order valence-corrected chi connectivity index (χ2v) is 12.1. The van der Waals surface area contributed by atoms with Gasteiger partial charge in [0.1, 0.15) is 6.33 Å². The summed E-state index contributed by atoms with van der Waals surface area (Å²) in [6.07, 6.45) is 4.93. The van der Waals surface area contributed by atoms with E-state index in [9.17, 15) is 14.7 Å². The number of aliphatic hydroxyl groups excluding tert-OH is 1. The summed E-state index contributed by atoms with van der Waals surface area (Å²) in [5.41, 5.74) is 3.97. The molecular weight excluding hydrogens is 514 g/mol. The molecule has 2 amide bonds. The third-order valence-electron chi connectivity index (χ3n) is 8.92. The van der Waals surface area contributed by atoms with Crippen molar-refractivity contribution in [3.8, 4) is 0 Å². The third kappa shape index (κ3) is 6.13. The Labute approximate surface area is 236 Å². The van der Waals surface area contributed by atoms with Crippen LogP contribution in [-0.4, -0.2) is 82.1 Å². The van der Waals surface area contributed by atoms with Crippen molar-refractivity contribution < 1.29 is 14.7 Å². The molecule has 0 radical (unpaired) electrons. The number of carbonyl (C=O) groups is 2. The lowest BCUT2D eigenvalue weighted by Crippen LogP contribution is -2.40. The van der Waals surface area contributed by atoms with Crippen molar-refractivity contribution in [2.24, 2.45) is 17.8 Å². The van der Waals surface area contributed by atoms with E-state index in [1.165, 1.54) is 6.33 Å². The number of hydrogen-bond acceptors (Lipinski definition) is 6. The molecule has 2 aromatic rings. The molecule has 1 aliphatic carbocycles. The Morgan fingerprint density at radius 2 is 1.64 bits per heavy atom. The molecule has 1 aromatic carbocycles. The maximum absolute atomic E-state index is 13.6. The molecule has 210 valence electrons. The van der Waals surface area contributed by atoms with E-state index >= 15 is 0 Å². The molecule has 1 N–H and O–H groups in total. The first-order valence-corrected chi connectivity index (χ1v) is 14.6. The van der Waals surface area contributed by atoms with Gasteiger partial charge in [0.15, 0.2) is 0 Å². The van der Waals surface area contributed by atoms with Gasteiger partial charge in [-0.25, -0.2) is 9.97 Å². The number of carbonyl (C=O) groups excluding carboxylic acids is 2. The molecule has 9 heteroatoms. The van der Waals surface area contributed by atoms with Gasteiger partial charge >= 0.3 is 0 Å². The molecule has 0 bridgehead atoms. The van der Waals surface area contributed by atoms with E-state index in [1.54, 1.807) is 0 Å². The van der Waals surface area contributed by atoms with Crippen LogP contribution in [0.4, 0.5) is 5.69 Å². The Morgan fingerprint density at radius 3 is 2.26 bits per heavy atom. The average Bonchev–Trinajstić information content (AvgIpc) is 3.47. The lowest BCUT2D eigenvalue weighted by Gasteiger charge is -2.31. The first-order valence-electron chi connectivity index (χ1n) is 14.3.